The van der Waals surface area contributed by atoms with Crippen LogP contribution >= 0.6 is 0 Å². The number of aryl methyl sites for hydroxylation is 1. The number of nitrogens with zero attached hydrogens (tertiary/aromatic N) is 5. The van der Waals surface area contributed by atoms with Crippen molar-refractivity contribution in [3.05, 3.63) is 46.9 Å². The van der Waals surface area contributed by atoms with Gasteiger partial charge in [0.1, 0.15) is 30.2 Å². The summed E-state index contributed by atoms with van der Waals surface area (Å²) in [7, 11) is 0. The molecule has 0 aliphatic carbocycles. The van der Waals surface area contributed by atoms with Crippen LogP contribution in [0.15, 0.2) is 24.3 Å². The summed E-state index contributed by atoms with van der Waals surface area (Å²) in [5.41, 5.74) is 2.84. The van der Waals surface area contributed by atoms with E-state index in [2.05, 4.69) is 14.7 Å². The molecule has 3 fully saturated rings. The zero-order valence-electron chi connectivity index (χ0n) is 25.9. The number of alkyl halides is 1. The molecule has 7 rings (SSSR count). The summed E-state index contributed by atoms with van der Waals surface area (Å²) in [4.78, 5) is 16.4. The fourth-order valence-electron chi connectivity index (χ4n) is 8.21. The first-order chi connectivity index (χ1) is 21.8. The van der Waals surface area contributed by atoms with Crippen molar-refractivity contribution in [1.82, 2.24) is 14.9 Å². The van der Waals surface area contributed by atoms with Crippen LogP contribution in [0.3, 0.4) is 0 Å². The number of phenols is 1. The van der Waals surface area contributed by atoms with Crippen LogP contribution in [0.1, 0.15) is 55.8 Å². The van der Waals surface area contributed by atoms with Crippen molar-refractivity contribution < 1.29 is 28.8 Å². The summed E-state index contributed by atoms with van der Waals surface area (Å²) in [6.45, 7) is 5.75. The predicted octanol–water partition coefficient (Wildman–Crippen LogP) is 4.12. The van der Waals surface area contributed by atoms with E-state index in [0.29, 0.717) is 77.0 Å². The monoisotopic (exact) mass is 623 g/mol. The molecule has 2 aromatic carbocycles. The zero-order valence-corrected chi connectivity index (χ0v) is 25.9. The summed E-state index contributed by atoms with van der Waals surface area (Å²) in [5.74, 6) is 0.447. The molecule has 242 valence electrons. The van der Waals surface area contributed by atoms with E-state index in [1.807, 2.05) is 6.92 Å². The Balaban J connectivity index is 1.25. The Bertz CT molecular complexity index is 1580. The molecule has 4 aliphatic heterocycles. The molecule has 0 radical (unpaired) electrons. The lowest BCUT2D eigenvalue weighted by Crippen LogP contribution is -2.43. The molecule has 5 heterocycles. The highest BCUT2D eigenvalue weighted by Gasteiger charge is 2.49. The van der Waals surface area contributed by atoms with Gasteiger partial charge in [0, 0.05) is 67.8 Å². The van der Waals surface area contributed by atoms with Crippen LogP contribution in [0.25, 0.3) is 10.8 Å². The number of aromatic hydroxyl groups is 1. The van der Waals surface area contributed by atoms with Crippen molar-refractivity contribution in [3.8, 4) is 11.8 Å². The van der Waals surface area contributed by atoms with Crippen molar-refractivity contribution in [2.75, 3.05) is 55.7 Å². The quantitative estimate of drug-likeness (QED) is 0.359. The molecule has 11 heteroatoms. The zero-order chi connectivity index (χ0) is 31.3. The van der Waals surface area contributed by atoms with E-state index in [1.54, 1.807) is 18.2 Å². The normalized spacial score (nSPS) is 27.1. The number of aliphatic hydroxyl groups is 2. The fourth-order valence-corrected chi connectivity index (χ4v) is 8.21. The third kappa shape index (κ3) is 5.57. The first kappa shape index (κ1) is 30.4. The molecule has 0 saturated carbocycles. The van der Waals surface area contributed by atoms with Gasteiger partial charge in [-0.3, -0.25) is 4.90 Å². The maximum Gasteiger partial charge on any atom is 0.318 e. The average molecular weight is 624 g/mol. The number of aromatic nitrogens is 2. The Morgan fingerprint density at radius 2 is 1.93 bits per heavy atom. The molecule has 0 spiro atoms. The Hall–Kier alpha value is -3.28. The van der Waals surface area contributed by atoms with Gasteiger partial charge in [0.25, 0.3) is 0 Å². The van der Waals surface area contributed by atoms with E-state index in [9.17, 15) is 24.1 Å². The minimum Gasteiger partial charge on any atom is -0.508 e. The lowest BCUT2D eigenvalue weighted by Gasteiger charge is -2.35. The smallest absolute Gasteiger partial charge is 0.318 e. The summed E-state index contributed by atoms with van der Waals surface area (Å²) >= 11 is 0. The number of rotatable bonds is 7. The van der Waals surface area contributed by atoms with Gasteiger partial charge in [-0.2, -0.15) is 9.97 Å². The fraction of sp³-hybridized carbons (Fsp3) is 0.588. The predicted molar refractivity (Wildman–Crippen MR) is 168 cm³/mol. The number of anilines is 2. The molecule has 45 heavy (non-hydrogen) atoms. The molecule has 0 bridgehead atoms. The van der Waals surface area contributed by atoms with Gasteiger partial charge in [0.15, 0.2) is 0 Å². The number of phenolic OH excluding ortho intramolecular Hbond substituents is 1. The number of aliphatic hydroxyl groups excluding tert-OH is 2. The molecular weight excluding hydrogens is 580 g/mol. The van der Waals surface area contributed by atoms with E-state index in [4.69, 9.17) is 14.7 Å². The summed E-state index contributed by atoms with van der Waals surface area (Å²) in [6, 6.07) is 6.79. The minimum atomic E-state index is -0.861. The van der Waals surface area contributed by atoms with Crippen LogP contribution in [-0.4, -0.2) is 93.9 Å². The van der Waals surface area contributed by atoms with E-state index in [0.717, 1.165) is 52.9 Å². The number of hydrogen-bond donors (Lipinski definition) is 3. The van der Waals surface area contributed by atoms with E-state index in [-0.39, 0.29) is 35.6 Å². The molecule has 3 N–H and O–H groups in total. The average Bonchev–Trinajstić information content (AvgIpc) is 3.49. The molecule has 3 saturated heterocycles. The highest BCUT2D eigenvalue weighted by Crippen LogP contribution is 2.42. The van der Waals surface area contributed by atoms with E-state index in [1.165, 1.54) is 6.07 Å². The lowest BCUT2D eigenvalue weighted by molar-refractivity contribution is 0.0655. The maximum absolute atomic E-state index is 15.0. The molecule has 4 atom stereocenters. The Morgan fingerprint density at radius 1 is 1.09 bits per heavy atom. The third-order valence-corrected chi connectivity index (χ3v) is 10.6. The number of halogens is 2. The van der Waals surface area contributed by atoms with Gasteiger partial charge in [0.05, 0.1) is 23.9 Å². The van der Waals surface area contributed by atoms with Gasteiger partial charge in [-0.25, -0.2) is 8.78 Å². The molecule has 9 nitrogen and oxygen atoms in total. The van der Waals surface area contributed by atoms with Crippen LogP contribution in [0.5, 0.6) is 11.8 Å². The first-order valence-corrected chi connectivity index (χ1v) is 16.4. The van der Waals surface area contributed by atoms with Crippen molar-refractivity contribution in [3.63, 3.8) is 0 Å². The van der Waals surface area contributed by atoms with Gasteiger partial charge in [-0.05, 0) is 68.2 Å². The Labute approximate surface area is 262 Å². The molecular formula is C34H43F2N5O4. The third-order valence-electron chi connectivity index (χ3n) is 10.6. The molecule has 1 aromatic heterocycles. The lowest BCUT2D eigenvalue weighted by atomic mass is 9.95. The summed E-state index contributed by atoms with van der Waals surface area (Å²) < 4.78 is 35.8. The van der Waals surface area contributed by atoms with Crippen molar-refractivity contribution >= 4 is 22.3 Å². The molecule has 0 amide bonds. The molecule has 2 unspecified atom stereocenters. The van der Waals surface area contributed by atoms with Gasteiger partial charge >= 0.3 is 6.01 Å². The second-order valence-corrected chi connectivity index (χ2v) is 13.3. The number of hydrogen-bond acceptors (Lipinski definition) is 9. The van der Waals surface area contributed by atoms with Crippen molar-refractivity contribution in [2.45, 2.75) is 76.2 Å². The minimum absolute atomic E-state index is 0.0629. The number of ether oxygens (including phenoxy) is 1. The second kappa shape index (κ2) is 12.1. The van der Waals surface area contributed by atoms with Crippen molar-refractivity contribution in [2.24, 2.45) is 5.92 Å². The number of fused-ring (bicyclic) bond motifs is 3. The highest BCUT2D eigenvalue weighted by atomic mass is 19.1. The maximum atomic E-state index is 15.0. The standard InChI is InChI=1S/C34H43F2N5O4/c1-2-25-27(36)5-4-21-14-24(43)15-29(31(21)25)40-12-7-26-28(18-40)37-33(45-20-34-9-3-10-41(34)17-23(35)16-34)38-32(26)39-11-6-22(19-42)30(44)8-13-39/h4-5,14-15,22-23,30,42-44H,2-3,6-13,16-20H2,1H3/t22?,23-,30?,34+/m1/s1. The largest absolute Gasteiger partial charge is 0.508 e. The van der Waals surface area contributed by atoms with Gasteiger partial charge in [-0.1, -0.05) is 13.0 Å². The van der Waals surface area contributed by atoms with Crippen LogP contribution in [0.4, 0.5) is 20.3 Å². The SMILES string of the molecule is CCc1c(F)ccc2cc(O)cc(N3CCc4c(nc(OC[C@@]56CCCN5C[C@H](F)C6)nc4N4CCC(O)C(CO)CC4)C3)c12. The summed E-state index contributed by atoms with van der Waals surface area (Å²) in [6.07, 6.45) is 3.20. The van der Waals surface area contributed by atoms with Gasteiger partial charge in [0.2, 0.25) is 0 Å². The number of benzene rings is 2. The van der Waals surface area contributed by atoms with Crippen LogP contribution in [-0.2, 0) is 19.4 Å². The van der Waals surface area contributed by atoms with E-state index >= 15 is 0 Å². The Kier molecular flexibility index (Phi) is 8.20. The van der Waals surface area contributed by atoms with E-state index < -0.39 is 12.3 Å². The van der Waals surface area contributed by atoms with Crippen molar-refractivity contribution in [1.29, 1.82) is 0 Å². The summed E-state index contributed by atoms with van der Waals surface area (Å²) in [5, 5.41) is 32.7. The topological polar surface area (TPSA) is 105 Å². The second-order valence-electron chi connectivity index (χ2n) is 13.3. The van der Waals surface area contributed by atoms with Crippen LogP contribution < -0.4 is 14.5 Å². The van der Waals surface area contributed by atoms with Gasteiger partial charge in [-0.15, -0.1) is 0 Å². The van der Waals surface area contributed by atoms with Crippen LogP contribution in [0.2, 0.25) is 0 Å². The molecule has 3 aromatic rings. The van der Waals surface area contributed by atoms with Gasteiger partial charge < -0.3 is 29.9 Å². The Morgan fingerprint density at radius 3 is 2.76 bits per heavy atom. The first-order valence-electron chi connectivity index (χ1n) is 16.4. The highest BCUT2D eigenvalue weighted by molar-refractivity contribution is 5.98. The van der Waals surface area contributed by atoms with Crippen LogP contribution in [0, 0.1) is 11.7 Å². The molecule has 4 aliphatic rings.